The van der Waals surface area contributed by atoms with E-state index >= 15 is 0 Å². The summed E-state index contributed by atoms with van der Waals surface area (Å²) in [7, 11) is 1.86. The normalized spacial score (nSPS) is 13.6. The van der Waals surface area contributed by atoms with Gasteiger partial charge in [-0.3, -0.25) is 9.69 Å². The van der Waals surface area contributed by atoms with Crippen LogP contribution in [-0.2, 0) is 6.42 Å². The second kappa shape index (κ2) is 6.31. The lowest BCUT2D eigenvalue weighted by Crippen LogP contribution is -2.44. The maximum absolute atomic E-state index is 12.3. The second-order valence-electron chi connectivity index (χ2n) is 5.82. The molecule has 1 aromatic rings. The molecule has 0 spiro atoms. The molecular weight excluding hydrogens is 238 g/mol. The fourth-order valence-corrected chi connectivity index (χ4v) is 2.09. The lowest BCUT2D eigenvalue weighted by atomic mass is 10.0. The molecule has 3 heteroatoms. The molecule has 0 amide bonds. The van der Waals surface area contributed by atoms with Gasteiger partial charge in [0, 0.05) is 12.1 Å². The van der Waals surface area contributed by atoms with E-state index in [2.05, 4.69) is 6.92 Å². The molecule has 0 saturated heterocycles. The van der Waals surface area contributed by atoms with E-state index in [1.807, 2.05) is 43.1 Å². The molecule has 0 aliphatic rings. The van der Waals surface area contributed by atoms with E-state index in [-0.39, 0.29) is 11.8 Å². The first kappa shape index (κ1) is 15.9. The van der Waals surface area contributed by atoms with Crippen molar-refractivity contribution in [2.24, 2.45) is 0 Å². The highest BCUT2D eigenvalue weighted by Crippen LogP contribution is 2.12. The Bertz CT molecular complexity index is 417. The fraction of sp³-hybridized carbons (Fsp3) is 0.562. The van der Waals surface area contributed by atoms with Crippen molar-refractivity contribution >= 4 is 5.78 Å². The molecule has 0 bridgehead atoms. The third kappa shape index (κ3) is 4.77. The van der Waals surface area contributed by atoms with Gasteiger partial charge in [-0.15, -0.1) is 0 Å². The maximum atomic E-state index is 12.3. The Morgan fingerprint density at radius 3 is 2.26 bits per heavy atom. The maximum Gasteiger partial charge on any atom is 0.179 e. The third-order valence-corrected chi connectivity index (χ3v) is 3.32. The molecule has 0 saturated carbocycles. The SMILES string of the molecule is CCc1ccc(C(=O)C(C)N(C)CC(C)(C)O)cc1. The van der Waals surface area contributed by atoms with Crippen LogP contribution in [0.5, 0.6) is 0 Å². The monoisotopic (exact) mass is 263 g/mol. The van der Waals surface area contributed by atoms with Gasteiger partial charge in [0.25, 0.3) is 0 Å². The summed E-state index contributed by atoms with van der Waals surface area (Å²) in [5.74, 6) is 0.0920. The molecule has 0 heterocycles. The number of nitrogens with zero attached hydrogens (tertiary/aromatic N) is 1. The first-order valence-corrected chi connectivity index (χ1v) is 6.80. The van der Waals surface area contributed by atoms with E-state index in [9.17, 15) is 9.90 Å². The van der Waals surface area contributed by atoms with Gasteiger partial charge < -0.3 is 5.11 Å². The molecule has 1 N–H and O–H groups in total. The average Bonchev–Trinajstić information content (AvgIpc) is 2.35. The molecule has 0 aliphatic carbocycles. The summed E-state index contributed by atoms with van der Waals surface area (Å²) in [6, 6.07) is 7.52. The lowest BCUT2D eigenvalue weighted by Gasteiger charge is -2.29. The van der Waals surface area contributed by atoms with Crippen LogP contribution in [0.2, 0.25) is 0 Å². The summed E-state index contributed by atoms with van der Waals surface area (Å²) in [6.07, 6.45) is 0.975. The summed E-state index contributed by atoms with van der Waals surface area (Å²) in [5.41, 5.74) is 1.16. The summed E-state index contributed by atoms with van der Waals surface area (Å²) in [5, 5.41) is 9.80. The third-order valence-electron chi connectivity index (χ3n) is 3.32. The highest BCUT2D eigenvalue weighted by atomic mass is 16.3. The van der Waals surface area contributed by atoms with Crippen LogP contribution in [-0.4, -0.2) is 41.0 Å². The molecule has 3 nitrogen and oxygen atoms in total. The van der Waals surface area contributed by atoms with E-state index in [1.165, 1.54) is 5.56 Å². The van der Waals surface area contributed by atoms with Gasteiger partial charge in [0.15, 0.2) is 5.78 Å². The van der Waals surface area contributed by atoms with Crippen LogP contribution in [0.25, 0.3) is 0 Å². The Balaban J connectivity index is 2.75. The first-order chi connectivity index (χ1) is 8.74. The first-order valence-electron chi connectivity index (χ1n) is 6.80. The number of aliphatic hydroxyl groups is 1. The summed E-state index contributed by atoms with van der Waals surface area (Å²) < 4.78 is 0. The minimum absolute atomic E-state index is 0.0920. The van der Waals surface area contributed by atoms with Gasteiger partial charge in [-0.2, -0.15) is 0 Å². The zero-order valence-corrected chi connectivity index (χ0v) is 12.6. The average molecular weight is 263 g/mol. The molecule has 0 aliphatic heterocycles. The standard InChI is InChI=1S/C16H25NO2/c1-6-13-7-9-14(10-8-13)15(18)12(2)17(5)11-16(3,4)19/h7-10,12,19H,6,11H2,1-5H3. The highest BCUT2D eigenvalue weighted by Gasteiger charge is 2.24. The van der Waals surface area contributed by atoms with Crippen LogP contribution in [0.15, 0.2) is 24.3 Å². The number of hydrogen-bond acceptors (Lipinski definition) is 3. The minimum Gasteiger partial charge on any atom is -0.389 e. The van der Waals surface area contributed by atoms with Crippen molar-refractivity contribution in [3.05, 3.63) is 35.4 Å². The number of carbonyl (C=O) groups is 1. The van der Waals surface area contributed by atoms with Crippen LogP contribution in [0.1, 0.15) is 43.6 Å². The summed E-state index contributed by atoms with van der Waals surface area (Å²) in [4.78, 5) is 14.2. The molecule has 106 valence electrons. The summed E-state index contributed by atoms with van der Waals surface area (Å²) in [6.45, 7) is 7.93. The van der Waals surface area contributed by atoms with Gasteiger partial charge in [0.2, 0.25) is 0 Å². The highest BCUT2D eigenvalue weighted by molar-refractivity contribution is 5.99. The number of likely N-dealkylation sites (N-methyl/N-ethyl adjacent to an activating group) is 1. The predicted octanol–water partition coefficient (Wildman–Crippen LogP) is 2.52. The van der Waals surface area contributed by atoms with E-state index in [0.717, 1.165) is 12.0 Å². The van der Waals surface area contributed by atoms with Crippen molar-refractivity contribution in [2.75, 3.05) is 13.6 Å². The van der Waals surface area contributed by atoms with Crippen LogP contribution in [0, 0.1) is 0 Å². The van der Waals surface area contributed by atoms with Gasteiger partial charge in [-0.05, 0) is 39.8 Å². The molecule has 1 unspecified atom stereocenters. The molecule has 0 radical (unpaired) electrons. The van der Waals surface area contributed by atoms with Gasteiger partial charge in [0.1, 0.15) is 0 Å². The van der Waals surface area contributed by atoms with Crippen LogP contribution >= 0.6 is 0 Å². The smallest absolute Gasteiger partial charge is 0.179 e. The van der Waals surface area contributed by atoms with Gasteiger partial charge in [-0.1, -0.05) is 31.2 Å². The Morgan fingerprint density at radius 2 is 1.84 bits per heavy atom. The van der Waals surface area contributed by atoms with Crippen LogP contribution < -0.4 is 0 Å². The zero-order chi connectivity index (χ0) is 14.6. The van der Waals surface area contributed by atoms with Gasteiger partial charge in [0.05, 0.1) is 11.6 Å². The number of ketones is 1. The number of hydrogen-bond donors (Lipinski definition) is 1. The van der Waals surface area contributed by atoms with Crippen molar-refractivity contribution in [1.82, 2.24) is 4.90 Å². The van der Waals surface area contributed by atoms with Crippen molar-refractivity contribution in [3.63, 3.8) is 0 Å². The number of aryl methyl sites for hydroxylation is 1. The Labute approximate surface area is 116 Å². The van der Waals surface area contributed by atoms with E-state index in [0.29, 0.717) is 6.54 Å². The number of carbonyl (C=O) groups excluding carboxylic acids is 1. The number of benzene rings is 1. The Morgan fingerprint density at radius 1 is 1.32 bits per heavy atom. The molecular formula is C16H25NO2. The van der Waals surface area contributed by atoms with E-state index in [4.69, 9.17) is 0 Å². The molecule has 1 rings (SSSR count). The minimum atomic E-state index is -0.796. The molecule has 19 heavy (non-hydrogen) atoms. The molecule has 1 atom stereocenters. The fourth-order valence-electron chi connectivity index (χ4n) is 2.09. The predicted molar refractivity (Wildman–Crippen MR) is 78.5 cm³/mol. The van der Waals surface area contributed by atoms with Gasteiger partial charge >= 0.3 is 0 Å². The van der Waals surface area contributed by atoms with Gasteiger partial charge in [-0.25, -0.2) is 0 Å². The van der Waals surface area contributed by atoms with Crippen molar-refractivity contribution in [2.45, 2.75) is 45.8 Å². The Hall–Kier alpha value is -1.19. The summed E-state index contributed by atoms with van der Waals surface area (Å²) >= 11 is 0. The van der Waals surface area contributed by atoms with Crippen molar-refractivity contribution in [3.8, 4) is 0 Å². The lowest BCUT2D eigenvalue weighted by molar-refractivity contribution is 0.0330. The van der Waals surface area contributed by atoms with Crippen LogP contribution in [0.3, 0.4) is 0 Å². The Kier molecular flexibility index (Phi) is 5.27. The van der Waals surface area contributed by atoms with Crippen molar-refractivity contribution in [1.29, 1.82) is 0 Å². The molecule has 0 aromatic heterocycles. The quantitative estimate of drug-likeness (QED) is 0.802. The van der Waals surface area contributed by atoms with E-state index < -0.39 is 5.60 Å². The molecule has 0 fully saturated rings. The van der Waals surface area contributed by atoms with E-state index in [1.54, 1.807) is 13.8 Å². The van der Waals surface area contributed by atoms with Crippen LogP contribution in [0.4, 0.5) is 0 Å². The van der Waals surface area contributed by atoms with Crippen molar-refractivity contribution < 1.29 is 9.90 Å². The topological polar surface area (TPSA) is 40.5 Å². The largest absolute Gasteiger partial charge is 0.389 e. The molecule has 1 aromatic carbocycles. The zero-order valence-electron chi connectivity index (χ0n) is 12.6. The number of Topliss-reactive ketones (excluding diaryl/α,β-unsaturated/α-hetero) is 1. The number of rotatable bonds is 6. The second-order valence-corrected chi connectivity index (χ2v) is 5.82.